The van der Waals surface area contributed by atoms with Crippen molar-refractivity contribution in [1.29, 1.82) is 0 Å². The summed E-state index contributed by atoms with van der Waals surface area (Å²) in [5.74, 6) is 0.893. The third-order valence-corrected chi connectivity index (χ3v) is 5.40. The number of rotatable bonds is 4. The number of hydrogen-bond donors (Lipinski definition) is 1. The van der Waals surface area contributed by atoms with Crippen LogP contribution in [0, 0.1) is 0 Å². The van der Waals surface area contributed by atoms with Crippen LogP contribution >= 0.6 is 22.9 Å². The Morgan fingerprint density at radius 2 is 2.29 bits per heavy atom. The van der Waals surface area contributed by atoms with Crippen molar-refractivity contribution in [1.82, 2.24) is 14.9 Å². The normalized spacial score (nSPS) is 20.0. The maximum absolute atomic E-state index is 6.08. The predicted octanol–water partition coefficient (Wildman–Crippen LogP) is 3.80. The van der Waals surface area contributed by atoms with Crippen LogP contribution in [0.1, 0.15) is 31.6 Å². The second-order valence-electron chi connectivity index (χ2n) is 5.50. The van der Waals surface area contributed by atoms with Crippen LogP contribution in [-0.2, 0) is 6.42 Å². The average Bonchev–Trinajstić information content (AvgIpc) is 2.90. The van der Waals surface area contributed by atoms with E-state index in [2.05, 4.69) is 40.1 Å². The molecule has 0 aliphatic carbocycles. The fraction of sp³-hybridized carbons (Fsp3) is 0.600. The number of likely N-dealkylation sites (N-methyl/N-ethyl adjacent to an activating group) is 1. The van der Waals surface area contributed by atoms with E-state index in [-0.39, 0.29) is 0 Å². The average molecular weight is 325 g/mol. The first-order chi connectivity index (χ1) is 10.2. The molecule has 2 aromatic rings. The quantitative estimate of drug-likeness (QED) is 0.868. The summed E-state index contributed by atoms with van der Waals surface area (Å²) in [7, 11) is 0. The third-order valence-electron chi connectivity index (χ3n) is 4.06. The molecule has 1 aliphatic rings. The Kier molecular flexibility index (Phi) is 4.62. The zero-order valence-corrected chi connectivity index (χ0v) is 14.1. The van der Waals surface area contributed by atoms with Crippen LogP contribution in [-0.4, -0.2) is 40.5 Å². The molecular weight excluding hydrogens is 304 g/mol. The van der Waals surface area contributed by atoms with Gasteiger partial charge in [-0.25, -0.2) is 9.97 Å². The van der Waals surface area contributed by atoms with Gasteiger partial charge in [-0.05, 0) is 50.0 Å². The summed E-state index contributed by atoms with van der Waals surface area (Å²) in [5.41, 5.74) is 0. The fourth-order valence-electron chi connectivity index (χ4n) is 2.88. The van der Waals surface area contributed by atoms with Crippen molar-refractivity contribution in [2.24, 2.45) is 0 Å². The van der Waals surface area contributed by atoms with Gasteiger partial charge in [0.1, 0.15) is 10.6 Å². The molecule has 2 aromatic heterocycles. The van der Waals surface area contributed by atoms with E-state index in [1.54, 1.807) is 11.3 Å². The Hall–Kier alpha value is -0.910. The summed E-state index contributed by atoms with van der Waals surface area (Å²) in [6, 6.07) is 2.64. The third kappa shape index (κ3) is 3.30. The molecule has 6 heteroatoms. The summed E-state index contributed by atoms with van der Waals surface area (Å²) in [6.07, 6.45) is 3.44. The van der Waals surface area contributed by atoms with Crippen molar-refractivity contribution < 1.29 is 0 Å². The lowest BCUT2D eigenvalue weighted by molar-refractivity contribution is 0.226. The molecular formula is C15H21ClN4S. The fourth-order valence-corrected chi connectivity index (χ4v) is 4.07. The summed E-state index contributed by atoms with van der Waals surface area (Å²) in [6.45, 7) is 7.76. The molecule has 3 heterocycles. The van der Waals surface area contributed by atoms with Crippen molar-refractivity contribution in [3.63, 3.8) is 0 Å². The summed E-state index contributed by atoms with van der Waals surface area (Å²) >= 11 is 7.79. The molecule has 21 heavy (non-hydrogen) atoms. The molecule has 1 aliphatic heterocycles. The summed E-state index contributed by atoms with van der Waals surface area (Å²) in [4.78, 5) is 13.6. The van der Waals surface area contributed by atoms with Crippen LogP contribution in [0.25, 0.3) is 10.2 Å². The molecule has 114 valence electrons. The Morgan fingerprint density at radius 1 is 1.43 bits per heavy atom. The number of halogens is 1. The lowest BCUT2D eigenvalue weighted by atomic mass is 10.1. The van der Waals surface area contributed by atoms with E-state index in [1.165, 1.54) is 24.3 Å². The van der Waals surface area contributed by atoms with E-state index < -0.39 is 0 Å². The number of thiophene rings is 1. The zero-order chi connectivity index (χ0) is 14.8. The number of likely N-dealkylation sites (tertiary alicyclic amines) is 1. The molecule has 0 radical (unpaired) electrons. The second kappa shape index (κ2) is 6.46. The maximum atomic E-state index is 6.08. The molecule has 1 fully saturated rings. The minimum absolute atomic E-state index is 0.331. The Labute approximate surface area is 134 Å². The zero-order valence-electron chi connectivity index (χ0n) is 12.5. The van der Waals surface area contributed by atoms with Gasteiger partial charge in [-0.2, -0.15) is 0 Å². The van der Waals surface area contributed by atoms with Crippen LogP contribution in [0.15, 0.2) is 6.07 Å². The van der Waals surface area contributed by atoms with Crippen LogP contribution < -0.4 is 5.32 Å². The van der Waals surface area contributed by atoms with Crippen molar-refractivity contribution in [3.05, 3.63) is 16.2 Å². The Bertz CT molecular complexity index is 627. The smallest absolute Gasteiger partial charge is 0.225 e. The van der Waals surface area contributed by atoms with Gasteiger partial charge in [0.25, 0.3) is 0 Å². The van der Waals surface area contributed by atoms with E-state index in [9.17, 15) is 0 Å². The summed E-state index contributed by atoms with van der Waals surface area (Å²) in [5, 5.41) is 5.03. The van der Waals surface area contributed by atoms with Crippen molar-refractivity contribution in [2.75, 3.05) is 25.0 Å². The second-order valence-corrected chi connectivity index (χ2v) is 6.96. The predicted molar refractivity (Wildman–Crippen MR) is 90.6 cm³/mol. The van der Waals surface area contributed by atoms with Gasteiger partial charge in [0.2, 0.25) is 5.28 Å². The van der Waals surface area contributed by atoms with Gasteiger partial charge >= 0.3 is 0 Å². The Morgan fingerprint density at radius 3 is 3.05 bits per heavy atom. The monoisotopic (exact) mass is 324 g/mol. The Balaban J connectivity index is 1.87. The van der Waals surface area contributed by atoms with Gasteiger partial charge in [-0.1, -0.05) is 13.8 Å². The van der Waals surface area contributed by atoms with E-state index in [0.29, 0.717) is 11.3 Å². The lowest BCUT2D eigenvalue weighted by Gasteiger charge is -2.32. The molecule has 0 saturated carbocycles. The minimum Gasteiger partial charge on any atom is -0.365 e. The summed E-state index contributed by atoms with van der Waals surface area (Å²) < 4.78 is 0. The molecule has 0 spiro atoms. The molecule has 0 bridgehead atoms. The lowest BCUT2D eigenvalue weighted by Crippen LogP contribution is -2.42. The molecule has 0 aromatic carbocycles. The van der Waals surface area contributed by atoms with Gasteiger partial charge < -0.3 is 10.2 Å². The van der Waals surface area contributed by atoms with Gasteiger partial charge in [0.05, 0.1) is 5.39 Å². The van der Waals surface area contributed by atoms with E-state index in [4.69, 9.17) is 11.6 Å². The van der Waals surface area contributed by atoms with Gasteiger partial charge in [0.15, 0.2) is 0 Å². The molecule has 1 atom stereocenters. The molecule has 1 unspecified atom stereocenters. The van der Waals surface area contributed by atoms with Gasteiger partial charge in [0, 0.05) is 17.5 Å². The van der Waals surface area contributed by atoms with Crippen LogP contribution in [0.3, 0.4) is 0 Å². The van der Waals surface area contributed by atoms with Crippen molar-refractivity contribution in [2.45, 2.75) is 39.2 Å². The highest BCUT2D eigenvalue weighted by Crippen LogP contribution is 2.31. The number of nitrogens with zero attached hydrogens (tertiary/aromatic N) is 3. The maximum Gasteiger partial charge on any atom is 0.225 e. The first-order valence-corrected chi connectivity index (χ1v) is 8.84. The van der Waals surface area contributed by atoms with E-state index in [1.807, 2.05) is 0 Å². The number of aromatic nitrogens is 2. The van der Waals surface area contributed by atoms with Gasteiger partial charge in [-0.3, -0.25) is 0 Å². The van der Waals surface area contributed by atoms with Crippen LogP contribution in [0.2, 0.25) is 5.28 Å². The van der Waals surface area contributed by atoms with Gasteiger partial charge in [-0.15, -0.1) is 11.3 Å². The largest absolute Gasteiger partial charge is 0.365 e. The molecule has 0 amide bonds. The van der Waals surface area contributed by atoms with E-state index >= 15 is 0 Å². The minimum atomic E-state index is 0.331. The number of aryl methyl sites for hydroxylation is 1. The van der Waals surface area contributed by atoms with Crippen LogP contribution in [0.4, 0.5) is 5.82 Å². The van der Waals surface area contributed by atoms with Crippen molar-refractivity contribution in [3.8, 4) is 0 Å². The highest BCUT2D eigenvalue weighted by atomic mass is 35.5. The molecule has 1 saturated heterocycles. The number of piperidine rings is 1. The highest BCUT2D eigenvalue weighted by molar-refractivity contribution is 7.18. The number of fused-ring (bicyclic) bond motifs is 1. The van der Waals surface area contributed by atoms with Crippen LogP contribution in [0.5, 0.6) is 0 Å². The first kappa shape index (κ1) is 15.0. The van der Waals surface area contributed by atoms with Crippen molar-refractivity contribution >= 4 is 39.0 Å². The molecule has 1 N–H and O–H groups in total. The van der Waals surface area contributed by atoms with E-state index in [0.717, 1.165) is 35.5 Å². The molecule has 3 rings (SSSR count). The topological polar surface area (TPSA) is 41.0 Å². The number of hydrogen-bond acceptors (Lipinski definition) is 5. The number of nitrogens with one attached hydrogen (secondary N) is 1. The SMILES string of the molecule is CCc1cc2c(NC3CCCN(CC)C3)nc(Cl)nc2s1. The standard InChI is InChI=1S/C15H21ClN4S/c1-3-11-8-12-13(18-15(16)19-14(12)21-11)17-10-6-5-7-20(4-2)9-10/h8,10H,3-7,9H2,1-2H3,(H,17,18,19). The number of anilines is 1. The molecule has 4 nitrogen and oxygen atoms in total. The highest BCUT2D eigenvalue weighted by Gasteiger charge is 2.20. The first-order valence-electron chi connectivity index (χ1n) is 7.64.